The summed E-state index contributed by atoms with van der Waals surface area (Å²) in [6, 6.07) is 12.5. The first-order valence-electron chi connectivity index (χ1n) is 10.6. The van der Waals surface area contributed by atoms with E-state index in [1.165, 1.54) is 24.4 Å². The third kappa shape index (κ3) is 5.42. The SMILES string of the molecule is CNC(=O)c1c(C)oc2cc(Oc3ccnc(Nc4cccc(S(=O)(=O)NCC(N)=O)c4)n3)ccc12. The van der Waals surface area contributed by atoms with Gasteiger partial charge < -0.3 is 25.5 Å². The standard InChI is InChI=1S/C23H22N6O6S/c1-13-21(22(31)25-2)17-7-6-15(11-18(17)34-13)35-20-8-9-26-23(29-20)28-14-4-3-5-16(10-14)36(32,33)27-12-19(24)30/h3-11,27H,12H2,1-2H3,(H2,24,30)(H,25,31)(H,26,28,29). The highest BCUT2D eigenvalue weighted by molar-refractivity contribution is 7.89. The maximum atomic E-state index is 12.3. The number of aromatic nitrogens is 2. The number of amides is 2. The molecule has 186 valence electrons. The van der Waals surface area contributed by atoms with Crippen LogP contribution in [0, 0.1) is 6.92 Å². The van der Waals surface area contributed by atoms with Gasteiger partial charge >= 0.3 is 0 Å². The second-order valence-electron chi connectivity index (χ2n) is 7.53. The topological polar surface area (TPSA) is 179 Å². The summed E-state index contributed by atoms with van der Waals surface area (Å²) in [7, 11) is -2.39. The lowest BCUT2D eigenvalue weighted by molar-refractivity contribution is -0.116. The van der Waals surface area contributed by atoms with Crippen LogP contribution in [0.4, 0.5) is 11.6 Å². The number of carbonyl (C=O) groups excluding carboxylic acids is 2. The second kappa shape index (κ2) is 10.0. The fourth-order valence-corrected chi connectivity index (χ4v) is 4.41. The van der Waals surface area contributed by atoms with Crippen LogP contribution in [0.1, 0.15) is 16.1 Å². The number of nitrogens with two attached hydrogens (primary N) is 1. The fourth-order valence-electron chi connectivity index (χ4n) is 3.37. The van der Waals surface area contributed by atoms with Crippen LogP contribution in [0.5, 0.6) is 11.6 Å². The van der Waals surface area contributed by atoms with E-state index in [-0.39, 0.29) is 22.6 Å². The predicted molar refractivity (Wildman–Crippen MR) is 131 cm³/mol. The van der Waals surface area contributed by atoms with E-state index >= 15 is 0 Å². The van der Waals surface area contributed by atoms with Crippen molar-refractivity contribution in [1.29, 1.82) is 0 Å². The van der Waals surface area contributed by atoms with Gasteiger partial charge in [-0.3, -0.25) is 9.59 Å². The molecule has 2 heterocycles. The lowest BCUT2D eigenvalue weighted by Gasteiger charge is -2.10. The zero-order valence-electron chi connectivity index (χ0n) is 19.2. The van der Waals surface area contributed by atoms with E-state index in [2.05, 4.69) is 25.3 Å². The number of nitrogens with one attached hydrogen (secondary N) is 3. The van der Waals surface area contributed by atoms with Crippen LogP contribution in [-0.4, -0.2) is 43.8 Å². The van der Waals surface area contributed by atoms with Gasteiger partial charge in [0.15, 0.2) is 0 Å². The Morgan fingerprint density at radius 2 is 1.94 bits per heavy atom. The van der Waals surface area contributed by atoms with Crippen molar-refractivity contribution in [2.24, 2.45) is 5.73 Å². The molecule has 5 N–H and O–H groups in total. The average Bonchev–Trinajstić information content (AvgIpc) is 3.17. The molecular weight excluding hydrogens is 488 g/mol. The van der Waals surface area contributed by atoms with Crippen molar-refractivity contribution in [1.82, 2.24) is 20.0 Å². The number of aryl methyl sites for hydroxylation is 1. The molecule has 0 saturated heterocycles. The highest BCUT2D eigenvalue weighted by Gasteiger charge is 2.18. The highest BCUT2D eigenvalue weighted by Crippen LogP contribution is 2.31. The Bertz CT molecular complexity index is 1570. The Balaban J connectivity index is 1.52. The molecule has 2 aromatic carbocycles. The first-order chi connectivity index (χ1) is 17.2. The number of fused-ring (bicyclic) bond motifs is 1. The van der Waals surface area contributed by atoms with Gasteiger partial charge in [-0.05, 0) is 37.3 Å². The van der Waals surface area contributed by atoms with Crippen LogP contribution in [0.2, 0.25) is 0 Å². The quantitative estimate of drug-likeness (QED) is 0.263. The summed E-state index contributed by atoms with van der Waals surface area (Å²) in [4.78, 5) is 31.4. The number of furan rings is 1. The fraction of sp³-hybridized carbons (Fsp3) is 0.130. The van der Waals surface area contributed by atoms with Gasteiger partial charge in [0.05, 0.1) is 17.0 Å². The molecule has 0 fully saturated rings. The summed E-state index contributed by atoms with van der Waals surface area (Å²) in [5, 5.41) is 6.17. The zero-order chi connectivity index (χ0) is 25.9. The Morgan fingerprint density at radius 1 is 1.14 bits per heavy atom. The summed E-state index contributed by atoms with van der Waals surface area (Å²) in [5.41, 5.74) is 6.34. The van der Waals surface area contributed by atoms with E-state index in [9.17, 15) is 18.0 Å². The minimum Gasteiger partial charge on any atom is -0.460 e. The smallest absolute Gasteiger partial charge is 0.255 e. The minimum atomic E-state index is -3.94. The first kappa shape index (κ1) is 24.6. The number of carbonyl (C=O) groups is 2. The highest BCUT2D eigenvalue weighted by atomic mass is 32.2. The van der Waals surface area contributed by atoms with E-state index in [1.807, 2.05) is 0 Å². The number of ether oxygens (including phenoxy) is 1. The summed E-state index contributed by atoms with van der Waals surface area (Å²) in [5.74, 6) is 0.248. The van der Waals surface area contributed by atoms with Crippen LogP contribution < -0.4 is 25.8 Å². The number of primary amides is 1. The van der Waals surface area contributed by atoms with Gasteiger partial charge in [-0.2, -0.15) is 4.98 Å². The molecule has 36 heavy (non-hydrogen) atoms. The molecule has 0 unspecified atom stereocenters. The lowest BCUT2D eigenvalue weighted by Crippen LogP contribution is -2.33. The van der Waals surface area contributed by atoms with Gasteiger partial charge in [-0.1, -0.05) is 6.07 Å². The van der Waals surface area contributed by atoms with Gasteiger partial charge in [0.1, 0.15) is 17.1 Å². The lowest BCUT2D eigenvalue weighted by atomic mass is 10.1. The number of nitrogens with zero attached hydrogens (tertiary/aromatic N) is 2. The molecule has 4 aromatic rings. The van der Waals surface area contributed by atoms with E-state index in [1.54, 1.807) is 44.3 Å². The molecule has 0 spiro atoms. The molecule has 2 amide bonds. The van der Waals surface area contributed by atoms with Gasteiger partial charge in [0.25, 0.3) is 5.91 Å². The number of hydrogen-bond acceptors (Lipinski definition) is 9. The molecule has 4 rings (SSSR count). The third-order valence-electron chi connectivity index (χ3n) is 4.98. The normalized spacial score (nSPS) is 11.3. The van der Waals surface area contributed by atoms with Crippen molar-refractivity contribution >= 4 is 44.4 Å². The number of anilines is 2. The van der Waals surface area contributed by atoms with E-state index in [0.29, 0.717) is 33.7 Å². The van der Waals surface area contributed by atoms with Crippen LogP contribution in [0.3, 0.4) is 0 Å². The molecule has 0 aliphatic carbocycles. The summed E-state index contributed by atoms with van der Waals surface area (Å²) < 4.78 is 38.3. The van der Waals surface area contributed by atoms with Crippen LogP contribution >= 0.6 is 0 Å². The van der Waals surface area contributed by atoms with Gasteiger partial charge in [0.2, 0.25) is 27.8 Å². The molecule has 0 bridgehead atoms. The Morgan fingerprint density at radius 3 is 2.69 bits per heavy atom. The predicted octanol–water partition coefficient (Wildman–Crippen LogP) is 2.19. The molecule has 2 aromatic heterocycles. The van der Waals surface area contributed by atoms with Gasteiger partial charge in [-0.15, -0.1) is 0 Å². The average molecular weight is 511 g/mol. The van der Waals surface area contributed by atoms with E-state index < -0.39 is 22.5 Å². The van der Waals surface area contributed by atoms with Gasteiger partial charge in [-0.25, -0.2) is 18.1 Å². The second-order valence-corrected chi connectivity index (χ2v) is 9.30. The number of rotatable bonds is 9. The van der Waals surface area contributed by atoms with Crippen molar-refractivity contribution < 1.29 is 27.2 Å². The van der Waals surface area contributed by atoms with Crippen molar-refractivity contribution in [2.75, 3.05) is 18.9 Å². The largest absolute Gasteiger partial charge is 0.460 e. The molecule has 0 saturated carbocycles. The number of hydrogen-bond donors (Lipinski definition) is 4. The molecule has 12 nitrogen and oxygen atoms in total. The Kier molecular flexibility index (Phi) is 6.85. The van der Waals surface area contributed by atoms with Crippen molar-refractivity contribution in [3.63, 3.8) is 0 Å². The van der Waals surface area contributed by atoms with Crippen molar-refractivity contribution in [2.45, 2.75) is 11.8 Å². The molecule has 0 aliphatic heterocycles. The zero-order valence-corrected chi connectivity index (χ0v) is 20.0. The molecule has 0 aliphatic rings. The summed E-state index contributed by atoms with van der Waals surface area (Å²) >= 11 is 0. The van der Waals surface area contributed by atoms with Crippen molar-refractivity contribution in [3.8, 4) is 11.6 Å². The minimum absolute atomic E-state index is 0.0701. The summed E-state index contributed by atoms with van der Waals surface area (Å²) in [6.07, 6.45) is 1.47. The number of sulfonamides is 1. The van der Waals surface area contributed by atoms with E-state index in [4.69, 9.17) is 14.9 Å². The van der Waals surface area contributed by atoms with Crippen LogP contribution in [-0.2, 0) is 14.8 Å². The van der Waals surface area contributed by atoms with Gasteiger partial charge in [0, 0.05) is 36.5 Å². The number of benzene rings is 2. The molecule has 0 radical (unpaired) electrons. The summed E-state index contributed by atoms with van der Waals surface area (Å²) in [6.45, 7) is 1.19. The maximum absolute atomic E-state index is 12.3. The Labute approximate surface area is 205 Å². The maximum Gasteiger partial charge on any atom is 0.255 e. The molecular formula is C23H22N6O6S. The molecule has 13 heteroatoms. The monoisotopic (exact) mass is 510 g/mol. The molecule has 0 atom stereocenters. The first-order valence-corrected chi connectivity index (χ1v) is 12.1. The van der Waals surface area contributed by atoms with Crippen molar-refractivity contribution in [3.05, 3.63) is 66.1 Å². The van der Waals surface area contributed by atoms with Crippen LogP contribution in [0.25, 0.3) is 11.0 Å². The van der Waals surface area contributed by atoms with E-state index in [0.717, 1.165) is 0 Å². The Hall–Kier alpha value is -4.49. The third-order valence-corrected chi connectivity index (χ3v) is 6.38. The van der Waals surface area contributed by atoms with Crippen LogP contribution in [0.15, 0.2) is 64.0 Å².